The van der Waals surface area contributed by atoms with Gasteiger partial charge in [0.25, 0.3) is 0 Å². The molecule has 1 heterocycles. The van der Waals surface area contributed by atoms with Crippen molar-refractivity contribution in [2.24, 2.45) is 0 Å². The van der Waals surface area contributed by atoms with Crippen molar-refractivity contribution in [2.75, 3.05) is 24.5 Å². The van der Waals surface area contributed by atoms with Crippen molar-refractivity contribution >= 4 is 17.6 Å². The molecule has 0 saturated carbocycles. The van der Waals surface area contributed by atoms with Gasteiger partial charge in [-0.15, -0.1) is 0 Å². The normalized spacial score (nSPS) is 13.9. The van der Waals surface area contributed by atoms with Gasteiger partial charge in [-0.1, -0.05) is 6.92 Å². The molecular formula is C15H20N2O3. The lowest BCUT2D eigenvalue weighted by atomic mass is 9.99. The molecule has 1 amide bonds. The van der Waals surface area contributed by atoms with Crippen LogP contribution in [0, 0.1) is 0 Å². The number of carboxylic acids is 1. The number of hydrogen-bond donors (Lipinski definition) is 2. The summed E-state index contributed by atoms with van der Waals surface area (Å²) in [5, 5.41) is 12.1. The Morgan fingerprint density at radius 1 is 1.40 bits per heavy atom. The summed E-state index contributed by atoms with van der Waals surface area (Å²) in [6.45, 7) is 3.91. The molecule has 2 rings (SSSR count). The summed E-state index contributed by atoms with van der Waals surface area (Å²) >= 11 is 0. The number of rotatable bonds is 5. The third kappa shape index (κ3) is 3.17. The maximum absolute atomic E-state index is 12.2. The second-order valence-corrected chi connectivity index (χ2v) is 4.97. The molecule has 0 aliphatic carbocycles. The molecule has 20 heavy (non-hydrogen) atoms. The maximum Gasteiger partial charge on any atom is 0.335 e. The molecule has 1 aliphatic rings. The molecule has 2 N–H and O–H groups in total. The van der Waals surface area contributed by atoms with Gasteiger partial charge in [0.15, 0.2) is 0 Å². The first kappa shape index (κ1) is 14.5. The summed E-state index contributed by atoms with van der Waals surface area (Å²) in [4.78, 5) is 24.9. The second kappa shape index (κ2) is 6.52. The lowest BCUT2D eigenvalue weighted by Crippen LogP contribution is -2.41. The number of anilines is 1. The van der Waals surface area contributed by atoms with E-state index in [0.717, 1.165) is 37.1 Å². The van der Waals surface area contributed by atoms with Crippen LogP contribution in [-0.2, 0) is 11.2 Å². The predicted molar refractivity (Wildman–Crippen MR) is 77.2 cm³/mol. The van der Waals surface area contributed by atoms with Gasteiger partial charge in [0.05, 0.1) is 12.1 Å². The van der Waals surface area contributed by atoms with Crippen molar-refractivity contribution in [1.82, 2.24) is 5.32 Å². The Labute approximate surface area is 118 Å². The molecule has 0 unspecified atom stereocenters. The first-order valence-electron chi connectivity index (χ1n) is 7.00. The molecule has 0 fully saturated rings. The van der Waals surface area contributed by atoms with Crippen LogP contribution in [0.5, 0.6) is 0 Å². The average molecular weight is 276 g/mol. The third-order valence-electron chi connectivity index (χ3n) is 3.45. The van der Waals surface area contributed by atoms with Gasteiger partial charge >= 0.3 is 5.97 Å². The first-order chi connectivity index (χ1) is 9.63. The standard InChI is InChI=1S/C15H20N2O3/c1-2-7-16-10-14(18)17-8-3-4-11-9-12(15(19)20)5-6-13(11)17/h5-6,9,16H,2-4,7-8,10H2,1H3,(H,19,20). The summed E-state index contributed by atoms with van der Waals surface area (Å²) < 4.78 is 0. The minimum atomic E-state index is -0.930. The summed E-state index contributed by atoms with van der Waals surface area (Å²) in [5.41, 5.74) is 2.08. The Morgan fingerprint density at radius 3 is 2.90 bits per heavy atom. The van der Waals surface area contributed by atoms with Crippen molar-refractivity contribution in [3.05, 3.63) is 29.3 Å². The van der Waals surface area contributed by atoms with E-state index < -0.39 is 5.97 Å². The van der Waals surface area contributed by atoms with E-state index in [9.17, 15) is 9.59 Å². The van der Waals surface area contributed by atoms with Crippen LogP contribution < -0.4 is 10.2 Å². The van der Waals surface area contributed by atoms with Crippen molar-refractivity contribution in [3.63, 3.8) is 0 Å². The Balaban J connectivity index is 2.15. The van der Waals surface area contributed by atoms with Gasteiger partial charge in [-0.25, -0.2) is 4.79 Å². The van der Waals surface area contributed by atoms with Crippen molar-refractivity contribution in [2.45, 2.75) is 26.2 Å². The van der Waals surface area contributed by atoms with Crippen LogP contribution in [0.15, 0.2) is 18.2 Å². The van der Waals surface area contributed by atoms with Crippen LogP contribution in [0.2, 0.25) is 0 Å². The van der Waals surface area contributed by atoms with Crippen molar-refractivity contribution in [3.8, 4) is 0 Å². The Hall–Kier alpha value is -1.88. The fourth-order valence-corrected chi connectivity index (χ4v) is 2.46. The van der Waals surface area contributed by atoms with Crippen LogP contribution in [0.3, 0.4) is 0 Å². The molecule has 108 valence electrons. The molecule has 0 aromatic heterocycles. The number of carboxylic acid groups (broad SMARTS) is 1. The van der Waals surface area contributed by atoms with Gasteiger partial charge in [-0.05, 0) is 49.6 Å². The molecule has 0 bridgehead atoms. The number of fused-ring (bicyclic) bond motifs is 1. The zero-order valence-corrected chi connectivity index (χ0v) is 11.7. The number of nitrogens with one attached hydrogen (secondary N) is 1. The van der Waals surface area contributed by atoms with E-state index in [-0.39, 0.29) is 11.5 Å². The Kier molecular flexibility index (Phi) is 4.74. The molecule has 5 nitrogen and oxygen atoms in total. The number of nitrogens with zero attached hydrogens (tertiary/aromatic N) is 1. The Bertz CT molecular complexity index is 514. The number of carbonyl (C=O) groups is 2. The van der Waals surface area contributed by atoms with Gasteiger partial charge < -0.3 is 15.3 Å². The van der Waals surface area contributed by atoms with Crippen molar-refractivity contribution < 1.29 is 14.7 Å². The van der Waals surface area contributed by atoms with Crippen LogP contribution >= 0.6 is 0 Å². The van der Waals surface area contributed by atoms with Crippen LogP contribution in [0.1, 0.15) is 35.7 Å². The van der Waals surface area contributed by atoms with E-state index in [1.165, 1.54) is 0 Å². The lowest BCUT2D eigenvalue weighted by Gasteiger charge is -2.30. The molecule has 0 spiro atoms. The zero-order valence-electron chi connectivity index (χ0n) is 11.7. The quantitative estimate of drug-likeness (QED) is 0.803. The molecule has 1 aromatic carbocycles. The van der Waals surface area contributed by atoms with E-state index in [0.29, 0.717) is 13.1 Å². The van der Waals surface area contributed by atoms with Crippen LogP contribution in [0.4, 0.5) is 5.69 Å². The van der Waals surface area contributed by atoms with E-state index in [4.69, 9.17) is 5.11 Å². The largest absolute Gasteiger partial charge is 0.478 e. The van der Waals surface area contributed by atoms with Gasteiger partial charge in [0.1, 0.15) is 0 Å². The number of aryl methyl sites for hydroxylation is 1. The SMILES string of the molecule is CCCNCC(=O)N1CCCc2cc(C(=O)O)ccc21. The second-order valence-electron chi connectivity index (χ2n) is 4.97. The number of carbonyl (C=O) groups excluding carboxylic acids is 1. The average Bonchev–Trinajstić information content (AvgIpc) is 2.46. The first-order valence-corrected chi connectivity index (χ1v) is 7.00. The van der Waals surface area contributed by atoms with E-state index in [1.807, 2.05) is 0 Å². The fourth-order valence-electron chi connectivity index (χ4n) is 2.46. The monoisotopic (exact) mass is 276 g/mol. The molecule has 0 radical (unpaired) electrons. The highest BCUT2D eigenvalue weighted by atomic mass is 16.4. The fraction of sp³-hybridized carbons (Fsp3) is 0.467. The molecular weight excluding hydrogens is 256 g/mol. The summed E-state index contributed by atoms with van der Waals surface area (Å²) in [6, 6.07) is 4.98. The summed E-state index contributed by atoms with van der Waals surface area (Å²) in [7, 11) is 0. The number of aromatic carboxylic acids is 1. The van der Waals surface area contributed by atoms with Crippen LogP contribution in [-0.4, -0.2) is 36.6 Å². The highest BCUT2D eigenvalue weighted by Gasteiger charge is 2.22. The minimum absolute atomic E-state index is 0.0440. The van der Waals surface area contributed by atoms with Gasteiger partial charge in [-0.2, -0.15) is 0 Å². The van der Waals surface area contributed by atoms with Gasteiger partial charge in [0.2, 0.25) is 5.91 Å². The van der Waals surface area contributed by atoms with E-state index >= 15 is 0 Å². The highest BCUT2D eigenvalue weighted by Crippen LogP contribution is 2.28. The van der Waals surface area contributed by atoms with E-state index in [2.05, 4.69) is 12.2 Å². The predicted octanol–water partition coefficient (Wildman–Crippen LogP) is 1.66. The molecule has 1 aliphatic heterocycles. The highest BCUT2D eigenvalue weighted by molar-refractivity contribution is 5.97. The lowest BCUT2D eigenvalue weighted by molar-refractivity contribution is -0.117. The summed E-state index contributed by atoms with van der Waals surface area (Å²) in [5.74, 6) is -0.886. The van der Waals surface area contributed by atoms with Crippen LogP contribution in [0.25, 0.3) is 0 Å². The summed E-state index contributed by atoms with van der Waals surface area (Å²) in [6.07, 6.45) is 2.68. The van der Waals surface area contributed by atoms with Gasteiger partial charge in [0, 0.05) is 12.2 Å². The van der Waals surface area contributed by atoms with Gasteiger partial charge in [-0.3, -0.25) is 4.79 Å². The minimum Gasteiger partial charge on any atom is -0.478 e. The molecule has 1 aromatic rings. The number of amides is 1. The number of hydrogen-bond acceptors (Lipinski definition) is 3. The number of benzene rings is 1. The molecule has 5 heteroatoms. The smallest absolute Gasteiger partial charge is 0.335 e. The van der Waals surface area contributed by atoms with E-state index in [1.54, 1.807) is 23.1 Å². The van der Waals surface area contributed by atoms with Crippen molar-refractivity contribution in [1.29, 1.82) is 0 Å². The Morgan fingerprint density at radius 2 is 2.20 bits per heavy atom. The maximum atomic E-state index is 12.2. The molecule has 0 atom stereocenters. The molecule has 0 saturated heterocycles. The topological polar surface area (TPSA) is 69.6 Å². The zero-order chi connectivity index (χ0) is 14.5. The third-order valence-corrected chi connectivity index (χ3v) is 3.45.